The molecule has 0 bridgehead atoms. The molecule has 0 aliphatic heterocycles. The summed E-state index contributed by atoms with van der Waals surface area (Å²) in [6.45, 7) is 8.54. The molecule has 0 radical (unpaired) electrons. The number of aromatic nitrogens is 3. The van der Waals surface area contributed by atoms with E-state index < -0.39 is 18.6 Å². The normalized spacial score (nSPS) is 13.2. The lowest BCUT2D eigenvalue weighted by Gasteiger charge is -2.20. The summed E-state index contributed by atoms with van der Waals surface area (Å²) in [5.41, 5.74) is 2.66. The van der Waals surface area contributed by atoms with Gasteiger partial charge in [0.05, 0.1) is 0 Å². The Morgan fingerprint density at radius 3 is 2.45 bits per heavy atom. The van der Waals surface area contributed by atoms with Crippen LogP contribution in [0.2, 0.25) is 0 Å². The molecule has 6 nitrogen and oxygen atoms in total. The van der Waals surface area contributed by atoms with E-state index in [1.807, 2.05) is 26.0 Å². The molecule has 0 spiro atoms. The molecule has 1 aromatic carbocycles. The van der Waals surface area contributed by atoms with Gasteiger partial charge >= 0.3 is 6.18 Å². The lowest BCUT2D eigenvalue weighted by Crippen LogP contribution is -2.25. The Hall–Kier alpha value is -2.42. The molecule has 1 heterocycles. The number of aliphatic hydroxyl groups excluding tert-OH is 1. The van der Waals surface area contributed by atoms with Gasteiger partial charge in [-0.25, -0.2) is 0 Å². The van der Waals surface area contributed by atoms with E-state index in [9.17, 15) is 23.1 Å². The molecule has 0 fully saturated rings. The maximum absolute atomic E-state index is 13.4. The molecule has 1 amide bonds. The standard InChI is InChI=1S/C24H35F3N4O2/c1-16-8-9-19(17(2)13-16)28-21(33)14-18(10-12-32)22-30-29-20(7-6-11-23(3,4)5)31(22)15-24(25,26)27/h8-9,13,18,32H,6-7,10-12,14-15H2,1-5H3,(H,28,33)/t18-/m1/s1. The van der Waals surface area contributed by atoms with Crippen molar-refractivity contribution < 1.29 is 23.1 Å². The van der Waals surface area contributed by atoms with E-state index in [2.05, 4.69) is 36.3 Å². The average molecular weight is 469 g/mol. The van der Waals surface area contributed by atoms with Gasteiger partial charge in [-0.05, 0) is 50.2 Å². The van der Waals surface area contributed by atoms with Crippen LogP contribution in [0.1, 0.15) is 75.1 Å². The number of aliphatic hydroxyl groups is 1. The fraction of sp³-hybridized carbons (Fsp3) is 0.625. The molecule has 184 valence electrons. The second kappa shape index (κ2) is 11.1. The van der Waals surface area contributed by atoms with Crippen molar-refractivity contribution in [1.82, 2.24) is 14.8 Å². The summed E-state index contributed by atoms with van der Waals surface area (Å²) >= 11 is 0. The van der Waals surface area contributed by atoms with Gasteiger partial charge in [0.15, 0.2) is 0 Å². The van der Waals surface area contributed by atoms with Crippen LogP contribution in [0.25, 0.3) is 0 Å². The van der Waals surface area contributed by atoms with Crippen molar-refractivity contribution in [2.45, 2.75) is 85.4 Å². The average Bonchev–Trinajstić information content (AvgIpc) is 3.03. The van der Waals surface area contributed by atoms with Crippen LogP contribution >= 0.6 is 0 Å². The number of nitrogens with one attached hydrogen (secondary N) is 1. The maximum Gasteiger partial charge on any atom is 0.406 e. The molecular formula is C24H35F3N4O2. The first-order chi connectivity index (χ1) is 15.3. The number of alkyl halides is 3. The summed E-state index contributed by atoms with van der Waals surface area (Å²) in [4.78, 5) is 12.7. The summed E-state index contributed by atoms with van der Waals surface area (Å²) in [5, 5.41) is 20.4. The smallest absolute Gasteiger partial charge is 0.396 e. The molecule has 0 aliphatic carbocycles. The van der Waals surface area contributed by atoms with Gasteiger partial charge in [-0.15, -0.1) is 10.2 Å². The van der Waals surface area contributed by atoms with Gasteiger partial charge in [-0.3, -0.25) is 4.79 Å². The Bertz CT molecular complexity index is 933. The molecule has 2 rings (SSSR count). The fourth-order valence-corrected chi connectivity index (χ4v) is 3.82. The monoisotopic (exact) mass is 468 g/mol. The number of amides is 1. The van der Waals surface area contributed by atoms with Gasteiger partial charge in [-0.2, -0.15) is 13.2 Å². The third-order valence-corrected chi connectivity index (χ3v) is 5.45. The number of carbonyl (C=O) groups excluding carboxylic acids is 1. The predicted molar refractivity (Wildman–Crippen MR) is 122 cm³/mol. The summed E-state index contributed by atoms with van der Waals surface area (Å²) in [7, 11) is 0. The zero-order valence-electron chi connectivity index (χ0n) is 20.1. The molecule has 1 atom stereocenters. The number of rotatable bonds is 10. The van der Waals surface area contributed by atoms with Crippen LogP contribution in [-0.4, -0.2) is 38.6 Å². The minimum Gasteiger partial charge on any atom is -0.396 e. The van der Waals surface area contributed by atoms with E-state index >= 15 is 0 Å². The van der Waals surface area contributed by atoms with Crippen LogP contribution in [-0.2, 0) is 17.8 Å². The van der Waals surface area contributed by atoms with Crippen molar-refractivity contribution in [3.63, 3.8) is 0 Å². The Morgan fingerprint density at radius 1 is 1.18 bits per heavy atom. The van der Waals surface area contributed by atoms with E-state index in [1.165, 1.54) is 0 Å². The predicted octanol–water partition coefficient (Wildman–Crippen LogP) is 5.32. The molecule has 2 N–H and O–H groups in total. The largest absolute Gasteiger partial charge is 0.406 e. The lowest BCUT2D eigenvalue weighted by molar-refractivity contribution is -0.141. The van der Waals surface area contributed by atoms with Crippen LogP contribution in [0.4, 0.5) is 18.9 Å². The van der Waals surface area contributed by atoms with Crippen LogP contribution in [0, 0.1) is 19.3 Å². The van der Waals surface area contributed by atoms with E-state index in [4.69, 9.17) is 0 Å². The summed E-state index contributed by atoms with van der Waals surface area (Å²) in [6, 6.07) is 5.60. The quantitative estimate of drug-likeness (QED) is 0.495. The summed E-state index contributed by atoms with van der Waals surface area (Å²) in [5.74, 6) is -0.699. The molecule has 2 aromatic rings. The molecule has 33 heavy (non-hydrogen) atoms. The molecule has 0 saturated carbocycles. The van der Waals surface area contributed by atoms with Gasteiger partial charge in [0.2, 0.25) is 5.91 Å². The molecule has 0 aliphatic rings. The van der Waals surface area contributed by atoms with Crippen LogP contribution in [0.15, 0.2) is 18.2 Å². The third kappa shape index (κ3) is 8.79. The van der Waals surface area contributed by atoms with Crippen LogP contribution in [0.3, 0.4) is 0 Å². The minimum atomic E-state index is -4.46. The number of carbonyl (C=O) groups is 1. The molecule has 9 heteroatoms. The van der Waals surface area contributed by atoms with E-state index in [0.29, 0.717) is 18.5 Å². The number of hydrogen-bond donors (Lipinski definition) is 2. The Balaban J connectivity index is 2.25. The number of halogens is 3. The highest BCUT2D eigenvalue weighted by molar-refractivity contribution is 5.92. The van der Waals surface area contributed by atoms with Gasteiger partial charge < -0.3 is 15.0 Å². The molecular weight excluding hydrogens is 433 g/mol. The number of anilines is 1. The number of benzene rings is 1. The number of nitrogens with zero attached hydrogens (tertiary/aromatic N) is 3. The van der Waals surface area contributed by atoms with Crippen molar-refractivity contribution >= 4 is 11.6 Å². The summed E-state index contributed by atoms with van der Waals surface area (Å²) in [6.07, 6.45) is -2.58. The second-order valence-electron chi connectivity index (χ2n) is 9.87. The summed E-state index contributed by atoms with van der Waals surface area (Å²) < 4.78 is 41.2. The second-order valence-corrected chi connectivity index (χ2v) is 9.87. The lowest BCUT2D eigenvalue weighted by atomic mass is 9.90. The van der Waals surface area contributed by atoms with Crippen molar-refractivity contribution in [3.8, 4) is 0 Å². The molecule has 0 saturated heterocycles. The topological polar surface area (TPSA) is 80.0 Å². The molecule has 0 unspecified atom stereocenters. The maximum atomic E-state index is 13.4. The first-order valence-corrected chi connectivity index (χ1v) is 11.3. The Kier molecular flexibility index (Phi) is 9.05. The Labute approximate surface area is 193 Å². The van der Waals surface area contributed by atoms with Crippen molar-refractivity contribution in [1.29, 1.82) is 0 Å². The third-order valence-electron chi connectivity index (χ3n) is 5.45. The highest BCUT2D eigenvalue weighted by atomic mass is 19.4. The zero-order chi connectivity index (χ0) is 24.8. The van der Waals surface area contributed by atoms with E-state index in [1.54, 1.807) is 6.07 Å². The van der Waals surface area contributed by atoms with Gasteiger partial charge in [0, 0.05) is 31.1 Å². The first-order valence-electron chi connectivity index (χ1n) is 11.3. The minimum absolute atomic E-state index is 0.0589. The van der Waals surface area contributed by atoms with E-state index in [0.717, 1.165) is 22.1 Å². The van der Waals surface area contributed by atoms with Gasteiger partial charge in [-0.1, -0.05) is 38.5 Å². The van der Waals surface area contributed by atoms with Crippen LogP contribution in [0.5, 0.6) is 0 Å². The zero-order valence-corrected chi connectivity index (χ0v) is 20.1. The van der Waals surface area contributed by atoms with Crippen molar-refractivity contribution in [2.75, 3.05) is 11.9 Å². The highest BCUT2D eigenvalue weighted by Crippen LogP contribution is 2.29. The number of hydrogen-bond acceptors (Lipinski definition) is 4. The first kappa shape index (κ1) is 26.8. The molecule has 1 aromatic heterocycles. The van der Waals surface area contributed by atoms with E-state index in [-0.39, 0.29) is 42.4 Å². The van der Waals surface area contributed by atoms with Crippen molar-refractivity contribution in [2.24, 2.45) is 5.41 Å². The fourth-order valence-electron chi connectivity index (χ4n) is 3.82. The van der Waals surface area contributed by atoms with Crippen molar-refractivity contribution in [3.05, 3.63) is 41.0 Å². The Morgan fingerprint density at radius 2 is 1.88 bits per heavy atom. The SMILES string of the molecule is Cc1ccc(NC(=O)C[C@@H](CCO)c2nnc(CCCC(C)(C)C)n2CC(F)(F)F)c(C)c1. The highest BCUT2D eigenvalue weighted by Gasteiger charge is 2.33. The van der Waals surface area contributed by atoms with Gasteiger partial charge in [0.25, 0.3) is 0 Å². The number of aryl methyl sites for hydroxylation is 3. The van der Waals surface area contributed by atoms with Crippen LogP contribution < -0.4 is 5.32 Å². The van der Waals surface area contributed by atoms with Gasteiger partial charge in [0.1, 0.15) is 18.2 Å².